The van der Waals surface area contributed by atoms with E-state index in [1.54, 1.807) is 41.0 Å². The maximum atomic E-state index is 12.8. The van der Waals surface area contributed by atoms with E-state index in [1.165, 1.54) is 19.4 Å². The van der Waals surface area contributed by atoms with Gasteiger partial charge in [0, 0.05) is 10.8 Å². The van der Waals surface area contributed by atoms with Crippen molar-refractivity contribution in [2.45, 2.75) is 6.54 Å². The molecule has 150 valence electrons. The zero-order valence-electron chi connectivity index (χ0n) is 16.2. The number of nitrogens with zero attached hydrogens (tertiary/aromatic N) is 2. The Balaban J connectivity index is 1.62. The lowest BCUT2D eigenvalue weighted by Crippen LogP contribution is -2.25. The van der Waals surface area contributed by atoms with E-state index in [-0.39, 0.29) is 23.6 Å². The Morgan fingerprint density at radius 1 is 1.07 bits per heavy atom. The molecule has 4 rings (SSSR count). The lowest BCUT2D eigenvalue weighted by Gasteiger charge is -2.14. The summed E-state index contributed by atoms with van der Waals surface area (Å²) in [6.45, 7) is -0.00243. The van der Waals surface area contributed by atoms with Gasteiger partial charge in [-0.05, 0) is 48.0 Å². The minimum absolute atomic E-state index is 0.00243. The van der Waals surface area contributed by atoms with Crippen molar-refractivity contribution in [2.75, 3.05) is 7.11 Å². The van der Waals surface area contributed by atoms with Crippen molar-refractivity contribution in [2.24, 2.45) is 5.10 Å². The highest BCUT2D eigenvalue weighted by Crippen LogP contribution is 2.25. The number of aromatic hydroxyl groups is 1. The summed E-state index contributed by atoms with van der Waals surface area (Å²) in [5.41, 5.74) is 4.47. The summed E-state index contributed by atoms with van der Waals surface area (Å²) in [5.74, 6) is 0.00286. The Labute approximate surface area is 171 Å². The molecular weight excluding hydrogens is 382 g/mol. The molecule has 0 spiro atoms. The van der Waals surface area contributed by atoms with Crippen LogP contribution in [-0.2, 0) is 11.3 Å². The predicted octanol–water partition coefficient (Wildman–Crippen LogP) is 3.02. The molecule has 0 aliphatic carbocycles. The van der Waals surface area contributed by atoms with Gasteiger partial charge in [0.25, 0.3) is 5.91 Å². The Bertz CT molecular complexity index is 1280. The molecule has 0 aliphatic rings. The van der Waals surface area contributed by atoms with E-state index in [0.717, 1.165) is 0 Å². The summed E-state index contributed by atoms with van der Waals surface area (Å²) in [5, 5.41) is 14.7. The fourth-order valence-electron chi connectivity index (χ4n) is 3.38. The molecule has 3 aromatic carbocycles. The molecule has 0 atom stereocenters. The molecule has 1 aromatic heterocycles. The number of rotatable bonds is 5. The average molecular weight is 401 g/mol. The molecule has 0 radical (unpaired) electrons. The minimum atomic E-state index is -0.337. The summed E-state index contributed by atoms with van der Waals surface area (Å²) in [6, 6.07) is 19.2. The predicted molar refractivity (Wildman–Crippen MR) is 116 cm³/mol. The molecule has 0 fully saturated rings. The number of carbonyl (C=O) groups is 1. The molecule has 1 amide bonds. The second-order valence-corrected chi connectivity index (χ2v) is 6.67. The molecular formula is C23H19N3O4. The van der Waals surface area contributed by atoms with Crippen LogP contribution in [0.4, 0.5) is 0 Å². The van der Waals surface area contributed by atoms with E-state index in [2.05, 4.69) is 10.5 Å². The van der Waals surface area contributed by atoms with Gasteiger partial charge in [-0.1, -0.05) is 24.3 Å². The number of fused-ring (bicyclic) bond motifs is 2. The topological polar surface area (TPSA) is 92.9 Å². The van der Waals surface area contributed by atoms with Gasteiger partial charge < -0.3 is 14.4 Å². The van der Waals surface area contributed by atoms with Crippen LogP contribution in [0, 0.1) is 0 Å². The monoisotopic (exact) mass is 401 g/mol. The largest absolute Gasteiger partial charge is 0.504 e. The summed E-state index contributed by atoms with van der Waals surface area (Å²) in [7, 11) is 1.46. The van der Waals surface area contributed by atoms with E-state index in [0.29, 0.717) is 33.1 Å². The van der Waals surface area contributed by atoms with Crippen LogP contribution in [0.15, 0.2) is 76.6 Å². The number of aromatic nitrogens is 1. The third-order valence-electron chi connectivity index (χ3n) is 4.79. The Morgan fingerprint density at radius 3 is 2.33 bits per heavy atom. The smallest absolute Gasteiger partial charge is 0.260 e. The zero-order valence-corrected chi connectivity index (χ0v) is 16.2. The highest BCUT2D eigenvalue weighted by Gasteiger charge is 2.12. The van der Waals surface area contributed by atoms with Gasteiger partial charge in [-0.15, -0.1) is 0 Å². The third kappa shape index (κ3) is 3.60. The van der Waals surface area contributed by atoms with E-state index >= 15 is 0 Å². The summed E-state index contributed by atoms with van der Waals surface area (Å²) < 4.78 is 6.86. The van der Waals surface area contributed by atoms with Gasteiger partial charge in [0.05, 0.1) is 24.4 Å². The number of hydrazone groups is 1. The molecule has 0 aliphatic heterocycles. The van der Waals surface area contributed by atoms with Gasteiger partial charge in [-0.3, -0.25) is 9.59 Å². The number of ether oxygens (including phenoxy) is 1. The van der Waals surface area contributed by atoms with Gasteiger partial charge in [0.1, 0.15) is 6.54 Å². The molecule has 0 saturated carbocycles. The molecule has 0 bridgehead atoms. The fraction of sp³-hybridized carbons (Fsp3) is 0.0870. The number of nitrogens with one attached hydrogen (secondary N) is 1. The quantitative estimate of drug-likeness (QED) is 0.305. The second-order valence-electron chi connectivity index (χ2n) is 6.67. The highest BCUT2D eigenvalue weighted by molar-refractivity contribution is 5.95. The number of amides is 1. The summed E-state index contributed by atoms with van der Waals surface area (Å²) in [6.07, 6.45) is 1.46. The number of hydrogen-bond acceptors (Lipinski definition) is 5. The first kappa shape index (κ1) is 19.2. The van der Waals surface area contributed by atoms with Crippen molar-refractivity contribution >= 4 is 33.9 Å². The number of para-hydroxylation sites is 2. The number of methoxy groups -OCH3 is 1. The maximum Gasteiger partial charge on any atom is 0.260 e. The van der Waals surface area contributed by atoms with E-state index in [9.17, 15) is 14.7 Å². The standard InChI is InChI=1S/C23H19N3O4/c1-30-21-12-15(10-11-20(21)27)13-24-25-22(28)14-26-18-8-4-2-6-16(18)23(29)17-7-3-5-9-19(17)26/h2-13,27H,14H2,1H3,(H,25,28)/b24-13+. The van der Waals surface area contributed by atoms with Crippen molar-refractivity contribution in [3.05, 3.63) is 82.5 Å². The number of hydrogen-bond donors (Lipinski definition) is 2. The second kappa shape index (κ2) is 8.08. The Morgan fingerprint density at radius 2 is 1.70 bits per heavy atom. The number of benzene rings is 3. The summed E-state index contributed by atoms with van der Waals surface area (Å²) in [4.78, 5) is 25.3. The van der Waals surface area contributed by atoms with Crippen molar-refractivity contribution in [1.82, 2.24) is 9.99 Å². The van der Waals surface area contributed by atoms with E-state index in [1.807, 2.05) is 24.3 Å². The lowest BCUT2D eigenvalue weighted by atomic mass is 10.1. The third-order valence-corrected chi connectivity index (χ3v) is 4.79. The molecule has 7 heteroatoms. The van der Waals surface area contributed by atoms with Gasteiger partial charge >= 0.3 is 0 Å². The number of phenols is 1. The number of phenolic OH excluding ortho intramolecular Hbond substituents is 1. The molecule has 2 N–H and O–H groups in total. The normalized spacial score (nSPS) is 11.2. The van der Waals surface area contributed by atoms with Crippen molar-refractivity contribution in [3.63, 3.8) is 0 Å². The van der Waals surface area contributed by atoms with Crippen molar-refractivity contribution in [1.29, 1.82) is 0 Å². The minimum Gasteiger partial charge on any atom is -0.504 e. The zero-order chi connectivity index (χ0) is 21.1. The number of pyridine rings is 1. The number of carbonyl (C=O) groups excluding carboxylic acids is 1. The van der Waals surface area contributed by atoms with Crippen LogP contribution in [0.5, 0.6) is 11.5 Å². The van der Waals surface area contributed by atoms with Crippen LogP contribution in [0.1, 0.15) is 5.56 Å². The van der Waals surface area contributed by atoms with Crippen LogP contribution >= 0.6 is 0 Å². The fourth-order valence-corrected chi connectivity index (χ4v) is 3.38. The van der Waals surface area contributed by atoms with Crippen molar-refractivity contribution < 1.29 is 14.6 Å². The first-order valence-electron chi connectivity index (χ1n) is 9.27. The molecule has 30 heavy (non-hydrogen) atoms. The van der Waals surface area contributed by atoms with Gasteiger partial charge in [-0.2, -0.15) is 5.10 Å². The van der Waals surface area contributed by atoms with Crippen LogP contribution < -0.4 is 15.6 Å². The Kier molecular flexibility index (Phi) is 5.17. The van der Waals surface area contributed by atoms with Gasteiger partial charge in [0.15, 0.2) is 16.9 Å². The lowest BCUT2D eigenvalue weighted by molar-refractivity contribution is -0.121. The SMILES string of the molecule is COc1cc(/C=N/NC(=O)Cn2c3ccccc3c(=O)c3ccccc32)ccc1O. The van der Waals surface area contributed by atoms with Crippen molar-refractivity contribution in [3.8, 4) is 11.5 Å². The van der Waals surface area contributed by atoms with Crippen LogP contribution in [-0.4, -0.2) is 28.9 Å². The molecule has 7 nitrogen and oxygen atoms in total. The first-order valence-corrected chi connectivity index (χ1v) is 9.27. The van der Waals surface area contributed by atoms with Crippen LogP contribution in [0.25, 0.3) is 21.8 Å². The molecule has 1 heterocycles. The summed E-state index contributed by atoms with van der Waals surface area (Å²) >= 11 is 0. The maximum absolute atomic E-state index is 12.8. The first-order chi connectivity index (χ1) is 14.6. The van der Waals surface area contributed by atoms with Crippen LogP contribution in [0.3, 0.4) is 0 Å². The van der Waals surface area contributed by atoms with E-state index < -0.39 is 0 Å². The average Bonchev–Trinajstić information content (AvgIpc) is 2.77. The van der Waals surface area contributed by atoms with Gasteiger partial charge in [-0.25, -0.2) is 5.43 Å². The Hall–Kier alpha value is -4.13. The van der Waals surface area contributed by atoms with Gasteiger partial charge in [0.2, 0.25) is 0 Å². The molecule has 0 saturated heterocycles. The molecule has 4 aromatic rings. The van der Waals surface area contributed by atoms with E-state index in [4.69, 9.17) is 4.74 Å². The molecule has 0 unspecified atom stereocenters. The van der Waals surface area contributed by atoms with Crippen LogP contribution in [0.2, 0.25) is 0 Å². The highest BCUT2D eigenvalue weighted by atomic mass is 16.5.